The molecule has 1 nitrogen and oxygen atoms in total. The summed E-state index contributed by atoms with van der Waals surface area (Å²) in [5.41, 5.74) is 6.22. The van der Waals surface area contributed by atoms with Crippen LogP contribution >= 0.6 is 15.9 Å². The third-order valence-electron chi connectivity index (χ3n) is 4.66. The Labute approximate surface area is 132 Å². The van der Waals surface area contributed by atoms with Gasteiger partial charge in [-0.1, -0.05) is 42.1 Å². The number of nitrogens with two attached hydrogens (primary N) is 1. The molecule has 118 valence electrons. The van der Waals surface area contributed by atoms with Crippen molar-refractivity contribution in [1.82, 2.24) is 0 Å². The van der Waals surface area contributed by atoms with E-state index < -0.39 is 11.7 Å². The van der Waals surface area contributed by atoms with Crippen molar-refractivity contribution in [3.05, 3.63) is 33.8 Å². The molecule has 0 spiro atoms. The summed E-state index contributed by atoms with van der Waals surface area (Å²) in [4.78, 5) is 0. The van der Waals surface area contributed by atoms with Gasteiger partial charge in [-0.05, 0) is 48.4 Å². The minimum Gasteiger partial charge on any atom is -0.324 e. The monoisotopic (exact) mass is 363 g/mol. The van der Waals surface area contributed by atoms with Crippen LogP contribution in [0.1, 0.15) is 56.2 Å². The van der Waals surface area contributed by atoms with Gasteiger partial charge >= 0.3 is 6.18 Å². The van der Waals surface area contributed by atoms with Crippen molar-refractivity contribution in [2.75, 3.05) is 0 Å². The average Bonchev–Trinajstić information content (AvgIpc) is 2.46. The van der Waals surface area contributed by atoms with Crippen LogP contribution in [0, 0.1) is 11.8 Å². The molecule has 0 aliphatic heterocycles. The van der Waals surface area contributed by atoms with Crippen LogP contribution in [0.25, 0.3) is 0 Å². The second kappa shape index (κ2) is 6.69. The lowest BCUT2D eigenvalue weighted by atomic mass is 9.76. The first-order chi connectivity index (χ1) is 9.82. The highest BCUT2D eigenvalue weighted by atomic mass is 79.9. The van der Waals surface area contributed by atoms with E-state index in [0.29, 0.717) is 10.0 Å². The van der Waals surface area contributed by atoms with Gasteiger partial charge in [0.25, 0.3) is 0 Å². The van der Waals surface area contributed by atoms with E-state index in [1.54, 1.807) is 0 Å². The van der Waals surface area contributed by atoms with Crippen molar-refractivity contribution < 1.29 is 13.2 Å². The number of hydrogen-bond acceptors (Lipinski definition) is 1. The Morgan fingerprint density at radius 3 is 2.38 bits per heavy atom. The van der Waals surface area contributed by atoms with Crippen LogP contribution in [-0.4, -0.2) is 0 Å². The van der Waals surface area contributed by atoms with Crippen LogP contribution in [0.2, 0.25) is 0 Å². The van der Waals surface area contributed by atoms with Crippen molar-refractivity contribution in [2.45, 2.75) is 51.2 Å². The molecule has 1 atom stereocenters. The number of halogens is 4. The van der Waals surface area contributed by atoms with Crippen LogP contribution in [0.4, 0.5) is 13.2 Å². The van der Waals surface area contributed by atoms with Gasteiger partial charge in [0.05, 0.1) is 5.56 Å². The lowest BCUT2D eigenvalue weighted by Crippen LogP contribution is -2.26. The van der Waals surface area contributed by atoms with Crippen LogP contribution in [0.15, 0.2) is 22.7 Å². The van der Waals surface area contributed by atoms with E-state index in [0.717, 1.165) is 37.7 Å². The maximum Gasteiger partial charge on any atom is 0.416 e. The summed E-state index contributed by atoms with van der Waals surface area (Å²) in [6.07, 6.45) is 1.12. The highest BCUT2D eigenvalue weighted by Gasteiger charge is 2.33. The first-order valence-corrected chi connectivity index (χ1v) is 8.24. The topological polar surface area (TPSA) is 26.0 Å². The summed E-state index contributed by atoms with van der Waals surface area (Å²) >= 11 is 3.34. The number of alkyl halides is 3. The van der Waals surface area contributed by atoms with Crippen molar-refractivity contribution >= 4 is 15.9 Å². The molecule has 1 saturated carbocycles. The van der Waals surface area contributed by atoms with Gasteiger partial charge in [-0.2, -0.15) is 13.2 Å². The zero-order chi connectivity index (χ0) is 15.6. The predicted molar refractivity (Wildman–Crippen MR) is 81.8 cm³/mol. The molecule has 1 aliphatic rings. The summed E-state index contributed by atoms with van der Waals surface area (Å²) in [5, 5.41) is 0. The van der Waals surface area contributed by atoms with Gasteiger partial charge in [-0.25, -0.2) is 0 Å². The maximum atomic E-state index is 12.8. The molecule has 1 unspecified atom stereocenters. The van der Waals surface area contributed by atoms with Gasteiger partial charge in [-0.15, -0.1) is 0 Å². The fraction of sp³-hybridized carbons (Fsp3) is 0.625. The molecule has 5 heteroatoms. The molecule has 0 saturated heterocycles. The highest BCUT2D eigenvalue weighted by molar-refractivity contribution is 9.10. The average molecular weight is 364 g/mol. The SMILES string of the molecule is CCC1CCC(C(N)c2cc(C(F)(F)F)ccc2Br)CC1. The Morgan fingerprint density at radius 2 is 1.86 bits per heavy atom. The van der Waals surface area contributed by atoms with Crippen LogP contribution < -0.4 is 5.73 Å². The highest BCUT2D eigenvalue weighted by Crippen LogP contribution is 2.40. The van der Waals surface area contributed by atoms with Crippen molar-refractivity contribution in [3.8, 4) is 0 Å². The normalized spacial score (nSPS) is 24.9. The molecule has 0 radical (unpaired) electrons. The molecular formula is C16H21BrF3N. The molecule has 0 aromatic heterocycles. The van der Waals surface area contributed by atoms with E-state index >= 15 is 0 Å². The van der Waals surface area contributed by atoms with Crippen molar-refractivity contribution in [2.24, 2.45) is 17.6 Å². The second-order valence-electron chi connectivity index (χ2n) is 5.95. The third kappa shape index (κ3) is 4.01. The van der Waals surface area contributed by atoms with E-state index in [4.69, 9.17) is 5.73 Å². The molecule has 1 aromatic carbocycles. The molecule has 0 heterocycles. The van der Waals surface area contributed by atoms with Crippen molar-refractivity contribution in [3.63, 3.8) is 0 Å². The molecule has 2 N–H and O–H groups in total. The summed E-state index contributed by atoms with van der Waals surface area (Å²) in [6, 6.07) is 3.41. The lowest BCUT2D eigenvalue weighted by Gasteiger charge is -2.32. The van der Waals surface area contributed by atoms with Gasteiger partial charge in [-0.3, -0.25) is 0 Å². The van der Waals surface area contributed by atoms with Crippen LogP contribution in [0.3, 0.4) is 0 Å². The van der Waals surface area contributed by atoms with E-state index in [-0.39, 0.29) is 12.0 Å². The van der Waals surface area contributed by atoms with E-state index in [9.17, 15) is 13.2 Å². The number of hydrogen-bond donors (Lipinski definition) is 1. The second-order valence-corrected chi connectivity index (χ2v) is 6.80. The van der Waals surface area contributed by atoms with Crippen LogP contribution in [0.5, 0.6) is 0 Å². The van der Waals surface area contributed by atoms with Gasteiger partial charge in [0.2, 0.25) is 0 Å². The Kier molecular flexibility index (Phi) is 5.36. The molecule has 21 heavy (non-hydrogen) atoms. The summed E-state index contributed by atoms with van der Waals surface area (Å²) in [6.45, 7) is 2.19. The fourth-order valence-corrected chi connectivity index (χ4v) is 3.70. The summed E-state index contributed by atoms with van der Waals surface area (Å²) in [5.74, 6) is 1.02. The summed E-state index contributed by atoms with van der Waals surface area (Å²) in [7, 11) is 0. The molecule has 2 rings (SSSR count). The minimum atomic E-state index is -4.32. The molecule has 1 aromatic rings. The standard InChI is InChI=1S/C16H21BrF3N/c1-2-10-3-5-11(6-4-10)15(21)13-9-12(16(18,19)20)7-8-14(13)17/h7-11,15H,2-6,21H2,1H3. The first kappa shape index (κ1) is 16.8. The van der Waals surface area contributed by atoms with Crippen molar-refractivity contribution in [1.29, 1.82) is 0 Å². The predicted octanol–water partition coefficient (Wildman–Crippen LogP) is 5.68. The Hall–Kier alpha value is -0.550. The minimum absolute atomic E-state index is 0.271. The molecule has 0 bridgehead atoms. The Bertz CT molecular complexity index is 479. The Morgan fingerprint density at radius 1 is 1.24 bits per heavy atom. The number of rotatable bonds is 3. The quantitative estimate of drug-likeness (QED) is 0.733. The zero-order valence-corrected chi connectivity index (χ0v) is 13.7. The third-order valence-corrected chi connectivity index (χ3v) is 5.38. The van der Waals surface area contributed by atoms with Gasteiger partial charge in [0, 0.05) is 10.5 Å². The maximum absolute atomic E-state index is 12.8. The van der Waals surface area contributed by atoms with E-state index in [1.165, 1.54) is 18.6 Å². The zero-order valence-electron chi connectivity index (χ0n) is 12.1. The molecule has 1 fully saturated rings. The largest absolute Gasteiger partial charge is 0.416 e. The molecular weight excluding hydrogens is 343 g/mol. The van der Waals surface area contributed by atoms with Crippen LogP contribution in [-0.2, 0) is 6.18 Å². The smallest absolute Gasteiger partial charge is 0.324 e. The van der Waals surface area contributed by atoms with Gasteiger partial charge in [0.15, 0.2) is 0 Å². The van der Waals surface area contributed by atoms with E-state index in [1.807, 2.05) is 0 Å². The summed E-state index contributed by atoms with van der Waals surface area (Å²) < 4.78 is 39.2. The van der Waals surface area contributed by atoms with Gasteiger partial charge < -0.3 is 5.73 Å². The first-order valence-electron chi connectivity index (χ1n) is 7.45. The van der Waals surface area contributed by atoms with Gasteiger partial charge in [0.1, 0.15) is 0 Å². The molecule has 0 amide bonds. The van der Waals surface area contributed by atoms with E-state index in [2.05, 4.69) is 22.9 Å². The molecule has 1 aliphatic carbocycles. The Balaban J connectivity index is 2.17. The fourth-order valence-electron chi connectivity index (χ4n) is 3.19. The lowest BCUT2D eigenvalue weighted by molar-refractivity contribution is -0.137. The number of benzene rings is 1.